The summed E-state index contributed by atoms with van der Waals surface area (Å²) < 4.78 is 0. The lowest BCUT2D eigenvalue weighted by atomic mass is 10.0. The van der Waals surface area contributed by atoms with Gasteiger partial charge in [0.2, 0.25) is 0 Å². The minimum absolute atomic E-state index is 0.0362. The number of hydrogen-bond acceptors (Lipinski definition) is 3. The number of aliphatic carboxylic acids is 1. The standard InChI is InChI=1S/C21H19NO4/c23-19(24)7-3-4-14-8-11-16(12-9-14)22-21(26)18-13-10-15-5-1-2-6-17(15)20(18)25/h1-2,5-6,8-13,25H,3-4,7H2,(H,22,26)(H,23,24). The van der Waals surface area contributed by atoms with E-state index in [9.17, 15) is 14.7 Å². The molecule has 0 saturated heterocycles. The maximum absolute atomic E-state index is 12.5. The van der Waals surface area contributed by atoms with Crippen LogP contribution in [0.25, 0.3) is 10.8 Å². The van der Waals surface area contributed by atoms with Crippen LogP contribution in [0.15, 0.2) is 60.7 Å². The lowest BCUT2D eigenvalue weighted by Crippen LogP contribution is -2.12. The number of carboxylic acids is 1. The molecule has 3 rings (SSSR count). The van der Waals surface area contributed by atoms with E-state index in [4.69, 9.17) is 5.11 Å². The number of anilines is 1. The number of hydrogen-bond donors (Lipinski definition) is 3. The molecule has 0 spiro atoms. The van der Waals surface area contributed by atoms with Gasteiger partial charge in [0.1, 0.15) is 5.75 Å². The number of nitrogens with one attached hydrogen (secondary N) is 1. The average Bonchev–Trinajstić information content (AvgIpc) is 2.63. The zero-order chi connectivity index (χ0) is 18.5. The van der Waals surface area contributed by atoms with Crippen LogP contribution in [0.5, 0.6) is 5.75 Å². The molecule has 0 aliphatic heterocycles. The molecule has 0 atom stereocenters. The minimum atomic E-state index is -0.802. The van der Waals surface area contributed by atoms with Gasteiger partial charge in [-0.25, -0.2) is 0 Å². The average molecular weight is 349 g/mol. The smallest absolute Gasteiger partial charge is 0.303 e. The van der Waals surface area contributed by atoms with Gasteiger partial charge in [0.25, 0.3) is 5.91 Å². The molecule has 0 aromatic heterocycles. The molecule has 0 radical (unpaired) electrons. The van der Waals surface area contributed by atoms with Crippen molar-refractivity contribution in [1.82, 2.24) is 0 Å². The van der Waals surface area contributed by atoms with Crippen LogP contribution in [-0.4, -0.2) is 22.1 Å². The van der Waals surface area contributed by atoms with Crippen molar-refractivity contribution in [2.24, 2.45) is 0 Å². The van der Waals surface area contributed by atoms with E-state index in [2.05, 4.69) is 5.32 Å². The minimum Gasteiger partial charge on any atom is -0.506 e. The summed E-state index contributed by atoms with van der Waals surface area (Å²) in [4.78, 5) is 23.0. The Morgan fingerprint density at radius 1 is 0.923 bits per heavy atom. The zero-order valence-electron chi connectivity index (χ0n) is 14.1. The molecule has 0 bridgehead atoms. The first-order valence-electron chi connectivity index (χ1n) is 8.37. The van der Waals surface area contributed by atoms with Gasteiger partial charge in [0.05, 0.1) is 5.56 Å². The van der Waals surface area contributed by atoms with Crippen LogP contribution in [0.2, 0.25) is 0 Å². The van der Waals surface area contributed by atoms with E-state index in [0.29, 0.717) is 23.9 Å². The van der Waals surface area contributed by atoms with Gasteiger partial charge in [0, 0.05) is 17.5 Å². The number of carbonyl (C=O) groups is 2. The van der Waals surface area contributed by atoms with Crippen LogP contribution in [0.3, 0.4) is 0 Å². The van der Waals surface area contributed by atoms with Crippen LogP contribution < -0.4 is 5.32 Å². The number of aromatic hydroxyl groups is 1. The third-order valence-electron chi connectivity index (χ3n) is 4.21. The molecule has 0 unspecified atom stereocenters. The molecule has 0 aliphatic rings. The second-order valence-electron chi connectivity index (χ2n) is 6.08. The molecule has 132 valence electrons. The van der Waals surface area contributed by atoms with E-state index in [-0.39, 0.29) is 23.6 Å². The highest BCUT2D eigenvalue weighted by Gasteiger charge is 2.14. The number of carbonyl (C=O) groups excluding carboxylic acids is 1. The lowest BCUT2D eigenvalue weighted by molar-refractivity contribution is -0.137. The molecule has 3 aromatic rings. The summed E-state index contributed by atoms with van der Waals surface area (Å²) in [5.74, 6) is -1.22. The predicted molar refractivity (Wildman–Crippen MR) is 101 cm³/mol. The van der Waals surface area contributed by atoms with Gasteiger partial charge in [-0.1, -0.05) is 42.5 Å². The molecule has 3 N–H and O–H groups in total. The zero-order valence-corrected chi connectivity index (χ0v) is 14.1. The van der Waals surface area contributed by atoms with Crippen molar-refractivity contribution < 1.29 is 19.8 Å². The van der Waals surface area contributed by atoms with Gasteiger partial charge in [-0.05, 0) is 42.0 Å². The summed E-state index contributed by atoms with van der Waals surface area (Å²) in [6.45, 7) is 0. The Balaban J connectivity index is 1.70. The van der Waals surface area contributed by atoms with Crippen LogP contribution in [0.4, 0.5) is 5.69 Å². The van der Waals surface area contributed by atoms with Gasteiger partial charge in [-0.3, -0.25) is 9.59 Å². The van der Waals surface area contributed by atoms with Crippen LogP contribution >= 0.6 is 0 Å². The predicted octanol–water partition coefficient (Wildman–Crippen LogP) is 4.21. The third kappa shape index (κ3) is 4.00. The van der Waals surface area contributed by atoms with Crippen LogP contribution in [-0.2, 0) is 11.2 Å². The largest absolute Gasteiger partial charge is 0.506 e. The van der Waals surface area contributed by atoms with Crippen molar-refractivity contribution in [3.8, 4) is 5.75 Å². The second-order valence-corrected chi connectivity index (χ2v) is 6.08. The van der Waals surface area contributed by atoms with Gasteiger partial charge in [0.15, 0.2) is 0 Å². The monoisotopic (exact) mass is 349 g/mol. The Bertz CT molecular complexity index is 948. The molecule has 5 heteroatoms. The molecule has 1 amide bonds. The fraction of sp³-hybridized carbons (Fsp3) is 0.143. The van der Waals surface area contributed by atoms with E-state index in [1.165, 1.54) is 0 Å². The summed E-state index contributed by atoms with van der Waals surface area (Å²) >= 11 is 0. The third-order valence-corrected chi connectivity index (χ3v) is 4.21. The van der Waals surface area contributed by atoms with Crippen molar-refractivity contribution in [1.29, 1.82) is 0 Å². The fourth-order valence-corrected chi connectivity index (χ4v) is 2.84. The number of aryl methyl sites for hydroxylation is 1. The van der Waals surface area contributed by atoms with Gasteiger partial charge < -0.3 is 15.5 Å². The van der Waals surface area contributed by atoms with Crippen molar-refractivity contribution >= 4 is 28.3 Å². The highest BCUT2D eigenvalue weighted by molar-refractivity contribution is 6.09. The van der Waals surface area contributed by atoms with E-state index in [0.717, 1.165) is 10.9 Å². The fourth-order valence-electron chi connectivity index (χ4n) is 2.84. The molecular weight excluding hydrogens is 330 g/mol. The van der Waals surface area contributed by atoms with E-state index >= 15 is 0 Å². The molecule has 3 aromatic carbocycles. The maximum atomic E-state index is 12.5. The lowest BCUT2D eigenvalue weighted by Gasteiger charge is -2.10. The van der Waals surface area contributed by atoms with Crippen molar-refractivity contribution in [3.63, 3.8) is 0 Å². The number of fused-ring (bicyclic) bond motifs is 1. The molecule has 0 fully saturated rings. The Hall–Kier alpha value is -3.34. The van der Waals surface area contributed by atoms with E-state index in [1.807, 2.05) is 30.3 Å². The Morgan fingerprint density at radius 3 is 2.38 bits per heavy atom. The van der Waals surface area contributed by atoms with E-state index in [1.54, 1.807) is 30.3 Å². The molecule has 0 aliphatic carbocycles. The SMILES string of the molecule is O=C(O)CCCc1ccc(NC(=O)c2ccc3ccccc3c2O)cc1. The Morgan fingerprint density at radius 2 is 1.65 bits per heavy atom. The maximum Gasteiger partial charge on any atom is 0.303 e. The van der Waals surface area contributed by atoms with Gasteiger partial charge in [-0.2, -0.15) is 0 Å². The number of phenols is 1. The molecule has 0 heterocycles. The van der Waals surface area contributed by atoms with Crippen LogP contribution in [0.1, 0.15) is 28.8 Å². The van der Waals surface area contributed by atoms with Gasteiger partial charge in [-0.15, -0.1) is 0 Å². The number of amides is 1. The highest BCUT2D eigenvalue weighted by Crippen LogP contribution is 2.29. The Kier molecular flexibility index (Phi) is 5.17. The first-order valence-corrected chi connectivity index (χ1v) is 8.37. The summed E-state index contributed by atoms with van der Waals surface area (Å²) in [6, 6.07) is 18.0. The van der Waals surface area contributed by atoms with Crippen LogP contribution in [0, 0.1) is 0 Å². The Labute approximate surface area is 150 Å². The number of benzene rings is 3. The molecular formula is C21H19NO4. The van der Waals surface area contributed by atoms with E-state index < -0.39 is 5.97 Å². The summed E-state index contributed by atoms with van der Waals surface area (Å²) in [5, 5.41) is 23.3. The topological polar surface area (TPSA) is 86.6 Å². The normalized spacial score (nSPS) is 10.6. The number of rotatable bonds is 6. The molecule has 26 heavy (non-hydrogen) atoms. The molecule has 0 saturated carbocycles. The number of carboxylic acid groups (broad SMARTS) is 1. The number of phenolic OH excluding ortho intramolecular Hbond substituents is 1. The highest BCUT2D eigenvalue weighted by atomic mass is 16.4. The van der Waals surface area contributed by atoms with Crippen molar-refractivity contribution in [2.75, 3.05) is 5.32 Å². The summed E-state index contributed by atoms with van der Waals surface area (Å²) in [5.41, 5.74) is 1.84. The first kappa shape index (κ1) is 17.5. The first-order chi connectivity index (χ1) is 12.5. The van der Waals surface area contributed by atoms with Gasteiger partial charge >= 0.3 is 5.97 Å². The van der Waals surface area contributed by atoms with Crippen molar-refractivity contribution in [2.45, 2.75) is 19.3 Å². The van der Waals surface area contributed by atoms with Crippen molar-refractivity contribution in [3.05, 3.63) is 71.8 Å². The summed E-state index contributed by atoms with van der Waals surface area (Å²) in [6.07, 6.45) is 1.39. The quantitative estimate of drug-likeness (QED) is 0.622. The molecule has 5 nitrogen and oxygen atoms in total. The second kappa shape index (κ2) is 7.70. The summed E-state index contributed by atoms with van der Waals surface area (Å²) in [7, 11) is 0.